The quantitative estimate of drug-likeness (QED) is 0.478. The number of carboxylic acids is 1. The molecule has 2 atom stereocenters. The number of carboxylic acid groups (broad SMARTS) is 2. The molecule has 0 heterocycles. The van der Waals surface area contributed by atoms with Gasteiger partial charge in [-0.3, -0.25) is 4.79 Å². The van der Waals surface area contributed by atoms with E-state index in [2.05, 4.69) is 4.74 Å². The average molecular weight is 181 g/mol. The Morgan fingerprint density at radius 1 is 1.55 bits per heavy atom. The Morgan fingerprint density at radius 2 is 2.09 bits per heavy atom. The predicted molar refractivity (Wildman–Crippen MR) is 33.7 cm³/mol. The number of rotatable bonds is 2. The molecule has 0 aliphatic heterocycles. The van der Waals surface area contributed by atoms with E-state index >= 15 is 0 Å². The van der Waals surface area contributed by atoms with E-state index in [-0.39, 0.29) is 6.42 Å². The largest absolute Gasteiger partial charge is 0.506 e. The number of carbonyl (C=O) groups is 2. The highest BCUT2D eigenvalue weighted by Gasteiger charge is 2.63. The van der Waals surface area contributed by atoms with Crippen LogP contribution in [0.3, 0.4) is 0 Å². The van der Waals surface area contributed by atoms with E-state index in [0.29, 0.717) is 0 Å². The molecule has 1 rings (SSSR count). The lowest BCUT2D eigenvalue weighted by Crippen LogP contribution is -2.22. The van der Waals surface area contributed by atoms with Crippen LogP contribution >= 0.6 is 11.6 Å². The summed E-state index contributed by atoms with van der Waals surface area (Å²) in [4.78, 5) is 18.6. The summed E-state index contributed by atoms with van der Waals surface area (Å²) in [7, 11) is 0. The van der Waals surface area contributed by atoms with E-state index in [9.17, 15) is 9.59 Å². The molecule has 0 aromatic heterocycles. The van der Waals surface area contributed by atoms with Crippen molar-refractivity contribution in [3.05, 3.63) is 0 Å². The van der Waals surface area contributed by atoms with Crippen LogP contribution in [-0.2, 0) is 9.53 Å². The molecule has 5 nitrogen and oxygen atoms in total. The van der Waals surface area contributed by atoms with Crippen LogP contribution in [0.2, 0.25) is 0 Å². The van der Waals surface area contributed by atoms with Crippen LogP contribution in [-0.4, -0.2) is 33.3 Å². The zero-order valence-corrected chi connectivity index (χ0v) is 6.04. The average Bonchev–Trinajstić information content (AvgIpc) is 2.42. The Morgan fingerprint density at radius 3 is 2.36 bits per heavy atom. The van der Waals surface area contributed by atoms with Crippen LogP contribution in [0.4, 0.5) is 4.79 Å². The fourth-order valence-corrected chi connectivity index (χ4v) is 0.877. The van der Waals surface area contributed by atoms with Gasteiger partial charge in [-0.2, -0.15) is 0 Å². The number of aliphatic carboxylic acids is 1. The van der Waals surface area contributed by atoms with E-state index in [1.165, 1.54) is 0 Å². The van der Waals surface area contributed by atoms with Gasteiger partial charge in [0.1, 0.15) is 6.10 Å². The topological polar surface area (TPSA) is 83.8 Å². The molecule has 0 bridgehead atoms. The van der Waals surface area contributed by atoms with Gasteiger partial charge in [-0.1, -0.05) is 0 Å². The van der Waals surface area contributed by atoms with Crippen LogP contribution in [0.15, 0.2) is 0 Å². The first kappa shape index (κ1) is 8.13. The lowest BCUT2D eigenvalue weighted by molar-refractivity contribution is -0.138. The molecule has 1 aliphatic rings. The van der Waals surface area contributed by atoms with Crippen LogP contribution in [0, 0.1) is 0 Å². The first-order chi connectivity index (χ1) is 4.97. The maximum atomic E-state index is 10.3. The van der Waals surface area contributed by atoms with Crippen molar-refractivity contribution in [2.45, 2.75) is 17.4 Å². The molecule has 0 saturated heterocycles. The molecule has 2 N–H and O–H groups in total. The van der Waals surface area contributed by atoms with Crippen molar-refractivity contribution in [2.75, 3.05) is 0 Å². The first-order valence-corrected chi connectivity index (χ1v) is 3.16. The van der Waals surface area contributed by atoms with Gasteiger partial charge in [-0.15, -0.1) is 11.6 Å². The fourth-order valence-electron chi connectivity index (χ4n) is 0.693. The molecule has 62 valence electrons. The molecule has 0 spiro atoms. The summed E-state index contributed by atoms with van der Waals surface area (Å²) >= 11 is 5.40. The van der Waals surface area contributed by atoms with Gasteiger partial charge < -0.3 is 14.9 Å². The van der Waals surface area contributed by atoms with Crippen LogP contribution in [0.1, 0.15) is 6.42 Å². The second kappa shape index (κ2) is 2.27. The summed E-state index contributed by atoms with van der Waals surface area (Å²) in [6, 6.07) is 0. The van der Waals surface area contributed by atoms with Gasteiger partial charge in [-0.25, -0.2) is 4.79 Å². The SMILES string of the molecule is O=C(O)OC1CC1(Cl)C(=O)O. The standard InChI is InChI=1S/C5H5ClO5/c6-5(3(7)8)1-2(5)11-4(9)10/h2H,1H2,(H,7,8)(H,9,10). The van der Waals surface area contributed by atoms with E-state index in [4.69, 9.17) is 21.8 Å². The van der Waals surface area contributed by atoms with Gasteiger partial charge in [0.15, 0.2) is 4.87 Å². The summed E-state index contributed by atoms with van der Waals surface area (Å²) in [5.41, 5.74) is 0. The molecule has 0 radical (unpaired) electrons. The summed E-state index contributed by atoms with van der Waals surface area (Å²) in [6.45, 7) is 0. The summed E-state index contributed by atoms with van der Waals surface area (Å²) in [5, 5.41) is 16.5. The van der Waals surface area contributed by atoms with E-state index in [1.54, 1.807) is 0 Å². The van der Waals surface area contributed by atoms with Crippen molar-refractivity contribution >= 4 is 23.7 Å². The summed E-state index contributed by atoms with van der Waals surface area (Å²) < 4.78 is 4.14. The second-order valence-electron chi connectivity index (χ2n) is 2.24. The van der Waals surface area contributed by atoms with Gasteiger partial charge >= 0.3 is 12.1 Å². The maximum absolute atomic E-state index is 10.3. The lowest BCUT2D eigenvalue weighted by Gasteiger charge is -2.00. The lowest BCUT2D eigenvalue weighted by atomic mass is 10.4. The monoisotopic (exact) mass is 180 g/mol. The number of hydrogen-bond acceptors (Lipinski definition) is 3. The predicted octanol–water partition coefficient (Wildman–Crippen LogP) is 0.515. The van der Waals surface area contributed by atoms with Crippen molar-refractivity contribution in [2.24, 2.45) is 0 Å². The minimum Gasteiger partial charge on any atom is -0.480 e. The normalized spacial score (nSPS) is 34.5. The molecule has 6 heteroatoms. The number of hydrogen-bond donors (Lipinski definition) is 2. The van der Waals surface area contributed by atoms with Gasteiger partial charge in [0, 0.05) is 6.42 Å². The minimum absolute atomic E-state index is 0.0379. The molecular formula is C5H5ClO5. The zero-order valence-electron chi connectivity index (χ0n) is 5.28. The number of ether oxygens (including phenoxy) is 1. The third-order valence-corrected chi connectivity index (χ3v) is 1.99. The smallest absolute Gasteiger partial charge is 0.480 e. The first-order valence-electron chi connectivity index (χ1n) is 2.78. The molecular weight excluding hydrogens is 176 g/mol. The maximum Gasteiger partial charge on any atom is 0.506 e. The summed E-state index contributed by atoms with van der Waals surface area (Å²) in [6.07, 6.45) is -2.37. The second-order valence-corrected chi connectivity index (χ2v) is 2.92. The minimum atomic E-state index is -1.52. The third kappa shape index (κ3) is 1.37. The van der Waals surface area contributed by atoms with Gasteiger partial charge in [0.05, 0.1) is 0 Å². The highest BCUT2D eigenvalue weighted by Crippen LogP contribution is 2.45. The zero-order chi connectivity index (χ0) is 8.65. The van der Waals surface area contributed by atoms with Crippen LogP contribution in [0.25, 0.3) is 0 Å². The highest BCUT2D eigenvalue weighted by molar-refractivity contribution is 6.37. The van der Waals surface area contributed by atoms with E-state index in [1.807, 2.05) is 0 Å². The Kier molecular flexibility index (Phi) is 1.67. The van der Waals surface area contributed by atoms with Gasteiger partial charge in [0.25, 0.3) is 0 Å². The Bertz CT molecular complexity index is 215. The van der Waals surface area contributed by atoms with Crippen molar-refractivity contribution < 1.29 is 24.5 Å². The molecule has 2 unspecified atom stereocenters. The van der Waals surface area contributed by atoms with E-state index in [0.717, 1.165) is 0 Å². The van der Waals surface area contributed by atoms with Gasteiger partial charge in [-0.05, 0) is 0 Å². The molecule has 0 aromatic carbocycles. The Hall–Kier alpha value is -0.970. The molecule has 1 aliphatic carbocycles. The van der Waals surface area contributed by atoms with Crippen molar-refractivity contribution in [3.8, 4) is 0 Å². The number of halogens is 1. The molecule has 1 saturated carbocycles. The molecule has 1 fully saturated rings. The van der Waals surface area contributed by atoms with Crippen molar-refractivity contribution in [1.82, 2.24) is 0 Å². The fraction of sp³-hybridized carbons (Fsp3) is 0.600. The Balaban J connectivity index is 2.47. The molecule has 11 heavy (non-hydrogen) atoms. The van der Waals surface area contributed by atoms with Crippen LogP contribution in [0.5, 0.6) is 0 Å². The summed E-state index contributed by atoms with van der Waals surface area (Å²) in [5.74, 6) is -1.24. The number of alkyl halides is 1. The van der Waals surface area contributed by atoms with E-state index < -0.39 is 23.1 Å². The van der Waals surface area contributed by atoms with Crippen molar-refractivity contribution in [1.29, 1.82) is 0 Å². The molecule has 0 amide bonds. The van der Waals surface area contributed by atoms with Crippen molar-refractivity contribution in [3.63, 3.8) is 0 Å². The van der Waals surface area contributed by atoms with Crippen LogP contribution < -0.4 is 0 Å². The third-order valence-electron chi connectivity index (χ3n) is 1.43. The highest BCUT2D eigenvalue weighted by atomic mass is 35.5. The Labute approximate surface area is 66.5 Å². The molecule has 0 aromatic rings. The van der Waals surface area contributed by atoms with Gasteiger partial charge in [0.2, 0.25) is 0 Å².